The highest BCUT2D eigenvalue weighted by Crippen LogP contribution is 2.23. The molecule has 0 saturated heterocycles. The van der Waals surface area contributed by atoms with E-state index in [1.807, 2.05) is 11.9 Å². The molecule has 120 valence electrons. The number of likely N-dealkylation sites (N-methyl/N-ethyl adjacent to an activating group) is 1. The molecule has 0 saturated carbocycles. The van der Waals surface area contributed by atoms with Crippen LogP contribution in [0.25, 0.3) is 0 Å². The molecule has 0 fully saturated rings. The lowest BCUT2D eigenvalue weighted by Crippen LogP contribution is -2.35. The number of aliphatic imine (C=N–C) groups is 1. The van der Waals surface area contributed by atoms with Gasteiger partial charge in [0, 0.05) is 12.7 Å². The Morgan fingerprint density at radius 2 is 2.13 bits per heavy atom. The third-order valence-corrected chi connectivity index (χ3v) is 3.56. The van der Waals surface area contributed by atoms with Crippen molar-refractivity contribution in [2.45, 2.75) is 6.17 Å². The molecule has 2 aromatic rings. The maximum absolute atomic E-state index is 13.9. The Hall–Kier alpha value is -2.48. The van der Waals surface area contributed by atoms with Crippen LogP contribution in [0.5, 0.6) is 0 Å². The highest BCUT2D eigenvalue weighted by atomic mass is 35.5. The van der Waals surface area contributed by atoms with Gasteiger partial charge in [-0.15, -0.1) is 0 Å². The van der Waals surface area contributed by atoms with Gasteiger partial charge in [-0.25, -0.2) is 13.8 Å². The topological polar surface area (TPSA) is 65.4 Å². The summed E-state index contributed by atoms with van der Waals surface area (Å²) in [6.45, 7) is 0.544. The molecule has 0 radical (unpaired) electrons. The molecule has 1 aromatic heterocycles. The Balaban J connectivity index is 1.78. The molecule has 0 amide bonds. The van der Waals surface area contributed by atoms with E-state index in [9.17, 15) is 8.78 Å². The Bertz CT molecular complexity index is 754. The predicted octanol–water partition coefficient (Wildman–Crippen LogP) is 2.86. The molecule has 2 N–H and O–H groups in total. The molecule has 1 unspecified atom stereocenters. The summed E-state index contributed by atoms with van der Waals surface area (Å²) >= 11 is 5.62. The molecule has 1 aromatic carbocycles. The number of aromatic nitrogens is 2. The van der Waals surface area contributed by atoms with Crippen LogP contribution in [0.4, 0.5) is 26.2 Å². The fourth-order valence-corrected chi connectivity index (χ4v) is 2.13. The first-order valence-corrected chi connectivity index (χ1v) is 7.14. The van der Waals surface area contributed by atoms with E-state index in [-0.39, 0.29) is 23.0 Å². The van der Waals surface area contributed by atoms with Crippen LogP contribution in [0, 0.1) is 11.6 Å². The standard InChI is InChI=1S/C14H13ClF2N6/c1-23-7-18-6-12(23)21-14-19-5-11(17)13(22-14)20-8-2-3-9(15)10(16)4-8/h2-5,7,12H,6H2,1H3,(H2,19,20,21,22). The first-order chi connectivity index (χ1) is 11.0. The van der Waals surface area contributed by atoms with Crippen LogP contribution >= 0.6 is 11.6 Å². The van der Waals surface area contributed by atoms with Gasteiger partial charge in [0.25, 0.3) is 0 Å². The van der Waals surface area contributed by atoms with Gasteiger partial charge in [-0.05, 0) is 18.2 Å². The average Bonchev–Trinajstić information content (AvgIpc) is 2.92. The van der Waals surface area contributed by atoms with E-state index in [2.05, 4.69) is 25.6 Å². The SMILES string of the molecule is CN1C=NCC1Nc1ncc(F)c(Nc2ccc(Cl)c(F)c2)n1. The summed E-state index contributed by atoms with van der Waals surface area (Å²) in [5.41, 5.74) is 0.330. The van der Waals surface area contributed by atoms with Crippen LogP contribution in [0.15, 0.2) is 29.4 Å². The molecule has 1 atom stereocenters. The second-order valence-corrected chi connectivity index (χ2v) is 5.36. The normalized spacial score (nSPS) is 16.7. The lowest BCUT2D eigenvalue weighted by Gasteiger charge is -2.20. The van der Waals surface area contributed by atoms with Crippen LogP contribution in [-0.2, 0) is 0 Å². The van der Waals surface area contributed by atoms with Crippen LogP contribution in [0.1, 0.15) is 0 Å². The van der Waals surface area contributed by atoms with Crippen molar-refractivity contribution in [1.82, 2.24) is 14.9 Å². The van der Waals surface area contributed by atoms with Gasteiger partial charge < -0.3 is 15.5 Å². The number of benzene rings is 1. The van der Waals surface area contributed by atoms with Gasteiger partial charge in [-0.1, -0.05) is 11.6 Å². The summed E-state index contributed by atoms with van der Waals surface area (Å²) < 4.78 is 27.3. The van der Waals surface area contributed by atoms with Crippen LogP contribution in [-0.4, -0.2) is 41.0 Å². The van der Waals surface area contributed by atoms with Gasteiger partial charge in [0.1, 0.15) is 12.0 Å². The highest BCUT2D eigenvalue weighted by Gasteiger charge is 2.18. The lowest BCUT2D eigenvalue weighted by molar-refractivity contribution is 0.449. The third kappa shape index (κ3) is 3.48. The predicted molar refractivity (Wildman–Crippen MR) is 85.2 cm³/mol. The van der Waals surface area contributed by atoms with E-state index in [0.29, 0.717) is 12.2 Å². The molecular formula is C14H13ClF2N6. The second kappa shape index (κ2) is 6.33. The van der Waals surface area contributed by atoms with Crippen molar-refractivity contribution in [2.24, 2.45) is 4.99 Å². The number of hydrogen-bond acceptors (Lipinski definition) is 6. The number of anilines is 3. The molecule has 0 spiro atoms. The Kier molecular flexibility index (Phi) is 4.24. The fourth-order valence-electron chi connectivity index (χ4n) is 2.02. The summed E-state index contributed by atoms with van der Waals surface area (Å²) in [6.07, 6.45) is 2.64. The number of halogens is 3. The zero-order chi connectivity index (χ0) is 16.4. The maximum atomic E-state index is 13.9. The molecule has 1 aliphatic heterocycles. The van der Waals surface area contributed by atoms with Gasteiger partial charge in [-0.2, -0.15) is 4.98 Å². The van der Waals surface area contributed by atoms with Crippen LogP contribution in [0.2, 0.25) is 5.02 Å². The van der Waals surface area contributed by atoms with E-state index < -0.39 is 11.6 Å². The van der Waals surface area contributed by atoms with Crippen molar-refractivity contribution in [3.8, 4) is 0 Å². The van der Waals surface area contributed by atoms with Gasteiger partial charge in [0.05, 0.1) is 24.1 Å². The molecule has 23 heavy (non-hydrogen) atoms. The second-order valence-electron chi connectivity index (χ2n) is 4.95. The first-order valence-electron chi connectivity index (χ1n) is 6.76. The number of rotatable bonds is 4. The Labute approximate surface area is 136 Å². The molecular weight excluding hydrogens is 326 g/mol. The highest BCUT2D eigenvalue weighted by molar-refractivity contribution is 6.30. The summed E-state index contributed by atoms with van der Waals surface area (Å²) in [5, 5.41) is 5.74. The van der Waals surface area contributed by atoms with Crippen molar-refractivity contribution in [3.05, 3.63) is 41.1 Å². The zero-order valence-corrected chi connectivity index (χ0v) is 12.8. The van der Waals surface area contributed by atoms with Crippen LogP contribution in [0.3, 0.4) is 0 Å². The molecule has 1 aliphatic rings. The molecule has 6 nitrogen and oxygen atoms in total. The molecule has 0 aliphatic carbocycles. The summed E-state index contributed by atoms with van der Waals surface area (Å²) in [5.74, 6) is -1.08. The van der Waals surface area contributed by atoms with E-state index in [1.165, 1.54) is 12.1 Å². The van der Waals surface area contributed by atoms with Crippen molar-refractivity contribution >= 4 is 35.4 Å². The molecule has 0 bridgehead atoms. The largest absolute Gasteiger partial charge is 0.344 e. The minimum atomic E-state index is -0.651. The van der Waals surface area contributed by atoms with Gasteiger partial charge in [0.15, 0.2) is 11.6 Å². The first kappa shape index (κ1) is 15.4. The lowest BCUT2D eigenvalue weighted by atomic mass is 10.3. The van der Waals surface area contributed by atoms with E-state index in [1.54, 1.807) is 6.34 Å². The van der Waals surface area contributed by atoms with Crippen molar-refractivity contribution in [2.75, 3.05) is 24.2 Å². The minimum Gasteiger partial charge on any atom is -0.344 e. The van der Waals surface area contributed by atoms with Gasteiger partial charge >= 0.3 is 0 Å². The van der Waals surface area contributed by atoms with Gasteiger partial charge in [0.2, 0.25) is 5.95 Å². The number of nitrogens with zero attached hydrogens (tertiary/aromatic N) is 4. The fraction of sp³-hybridized carbons (Fsp3) is 0.214. The summed E-state index contributed by atoms with van der Waals surface area (Å²) in [7, 11) is 1.85. The quantitative estimate of drug-likeness (QED) is 0.897. The molecule has 9 heteroatoms. The zero-order valence-electron chi connectivity index (χ0n) is 12.1. The van der Waals surface area contributed by atoms with Crippen LogP contribution < -0.4 is 10.6 Å². The van der Waals surface area contributed by atoms with Crippen molar-refractivity contribution < 1.29 is 8.78 Å². The summed E-state index contributed by atoms with van der Waals surface area (Å²) in [4.78, 5) is 13.9. The molecule has 2 heterocycles. The summed E-state index contributed by atoms with van der Waals surface area (Å²) in [6, 6.07) is 4.07. The van der Waals surface area contributed by atoms with Gasteiger partial charge in [-0.3, -0.25) is 4.99 Å². The number of nitrogens with one attached hydrogen (secondary N) is 2. The number of hydrogen-bond donors (Lipinski definition) is 2. The average molecular weight is 339 g/mol. The third-order valence-electron chi connectivity index (χ3n) is 3.26. The van der Waals surface area contributed by atoms with E-state index in [4.69, 9.17) is 11.6 Å². The minimum absolute atomic E-state index is 0.00895. The Morgan fingerprint density at radius 3 is 2.83 bits per heavy atom. The molecule has 3 rings (SSSR count). The smallest absolute Gasteiger partial charge is 0.226 e. The van der Waals surface area contributed by atoms with E-state index in [0.717, 1.165) is 12.3 Å². The van der Waals surface area contributed by atoms with Crippen molar-refractivity contribution in [1.29, 1.82) is 0 Å². The Morgan fingerprint density at radius 1 is 1.30 bits per heavy atom. The maximum Gasteiger partial charge on any atom is 0.226 e. The monoisotopic (exact) mass is 338 g/mol. The van der Waals surface area contributed by atoms with Crippen molar-refractivity contribution in [3.63, 3.8) is 0 Å². The van der Waals surface area contributed by atoms with E-state index >= 15 is 0 Å².